The molecule has 9 heteroatoms. The Bertz CT molecular complexity index is 1110. The van der Waals surface area contributed by atoms with Crippen molar-refractivity contribution in [2.45, 2.75) is 0 Å². The number of fused-ring (bicyclic) bond motifs is 2. The van der Waals surface area contributed by atoms with Crippen LogP contribution in [0.3, 0.4) is 0 Å². The average Bonchev–Trinajstić information content (AvgIpc) is 3.23. The van der Waals surface area contributed by atoms with Gasteiger partial charge in [0.1, 0.15) is 16.9 Å². The lowest BCUT2D eigenvalue weighted by Crippen LogP contribution is -2.19. The third kappa shape index (κ3) is 2.24. The number of methoxy groups -OCH3 is 1. The summed E-state index contributed by atoms with van der Waals surface area (Å²) < 4.78 is 8.70. The summed E-state index contributed by atoms with van der Waals surface area (Å²) in [5.74, 6) is 0.295. The highest BCUT2D eigenvalue weighted by Crippen LogP contribution is 2.31. The molecule has 4 heterocycles. The molecular formula is C16H15N7O2. The summed E-state index contributed by atoms with van der Waals surface area (Å²) in [6.45, 7) is 0. The second-order valence-electron chi connectivity index (χ2n) is 5.37. The van der Waals surface area contributed by atoms with E-state index >= 15 is 0 Å². The Hall–Kier alpha value is -3.62. The van der Waals surface area contributed by atoms with E-state index in [2.05, 4.69) is 20.4 Å². The molecule has 0 saturated heterocycles. The van der Waals surface area contributed by atoms with Gasteiger partial charge in [-0.05, 0) is 18.2 Å². The first kappa shape index (κ1) is 14.9. The van der Waals surface area contributed by atoms with Crippen molar-refractivity contribution >= 4 is 23.0 Å². The third-order valence-corrected chi connectivity index (χ3v) is 3.97. The molecule has 0 aliphatic carbocycles. The van der Waals surface area contributed by atoms with Gasteiger partial charge in [0.25, 0.3) is 5.91 Å². The molecule has 0 unspecified atom stereocenters. The zero-order valence-corrected chi connectivity index (χ0v) is 13.6. The molecule has 0 spiro atoms. The van der Waals surface area contributed by atoms with E-state index in [0.717, 1.165) is 11.1 Å². The molecule has 126 valence electrons. The SMILES string of the molecule is CNC(=O)c1cnc2ccc(-c3ccn4nc(N)nc(OC)c34)cn12. The molecule has 9 nitrogen and oxygen atoms in total. The molecule has 3 N–H and O–H groups in total. The molecule has 4 rings (SSSR count). The van der Waals surface area contributed by atoms with Gasteiger partial charge in [0, 0.05) is 30.6 Å². The first-order valence-electron chi connectivity index (χ1n) is 7.51. The van der Waals surface area contributed by atoms with Crippen LogP contribution in [0.2, 0.25) is 0 Å². The van der Waals surface area contributed by atoms with Crippen molar-refractivity contribution in [3.63, 3.8) is 0 Å². The van der Waals surface area contributed by atoms with Crippen molar-refractivity contribution in [1.29, 1.82) is 0 Å². The van der Waals surface area contributed by atoms with Gasteiger partial charge in [-0.1, -0.05) is 0 Å². The molecule has 0 atom stereocenters. The first-order valence-corrected chi connectivity index (χ1v) is 7.51. The van der Waals surface area contributed by atoms with Gasteiger partial charge in [-0.25, -0.2) is 9.50 Å². The molecule has 0 radical (unpaired) electrons. The van der Waals surface area contributed by atoms with Crippen LogP contribution in [0.5, 0.6) is 5.88 Å². The van der Waals surface area contributed by atoms with Gasteiger partial charge >= 0.3 is 0 Å². The first-order chi connectivity index (χ1) is 12.1. The number of pyridine rings is 1. The number of aromatic nitrogens is 5. The minimum Gasteiger partial charge on any atom is -0.479 e. The van der Waals surface area contributed by atoms with Gasteiger partial charge in [-0.15, -0.1) is 5.10 Å². The van der Waals surface area contributed by atoms with Gasteiger partial charge in [-0.3, -0.25) is 9.20 Å². The maximum absolute atomic E-state index is 12.0. The number of nitrogen functional groups attached to an aromatic ring is 1. The van der Waals surface area contributed by atoms with Crippen molar-refractivity contribution in [3.05, 3.63) is 42.5 Å². The van der Waals surface area contributed by atoms with Crippen LogP contribution in [0, 0.1) is 0 Å². The van der Waals surface area contributed by atoms with Crippen LogP contribution >= 0.6 is 0 Å². The molecule has 0 saturated carbocycles. The molecule has 0 bridgehead atoms. The lowest BCUT2D eigenvalue weighted by Gasteiger charge is -2.07. The molecule has 25 heavy (non-hydrogen) atoms. The van der Waals surface area contributed by atoms with Crippen LogP contribution in [0.4, 0.5) is 5.95 Å². The lowest BCUT2D eigenvalue weighted by molar-refractivity contribution is 0.0957. The van der Waals surface area contributed by atoms with Crippen LogP contribution < -0.4 is 15.8 Å². The number of anilines is 1. The van der Waals surface area contributed by atoms with Crippen molar-refractivity contribution < 1.29 is 9.53 Å². The molecule has 0 aliphatic heterocycles. The minimum atomic E-state index is -0.208. The highest BCUT2D eigenvalue weighted by atomic mass is 16.5. The maximum Gasteiger partial charge on any atom is 0.269 e. The number of rotatable bonds is 3. The summed E-state index contributed by atoms with van der Waals surface area (Å²) >= 11 is 0. The molecular weight excluding hydrogens is 322 g/mol. The number of amides is 1. The number of nitrogens with zero attached hydrogens (tertiary/aromatic N) is 5. The van der Waals surface area contributed by atoms with Gasteiger partial charge in [0.2, 0.25) is 11.8 Å². The number of ether oxygens (including phenoxy) is 1. The molecule has 4 aromatic heterocycles. The van der Waals surface area contributed by atoms with E-state index in [1.807, 2.05) is 24.4 Å². The summed E-state index contributed by atoms with van der Waals surface area (Å²) in [6.07, 6.45) is 5.17. The summed E-state index contributed by atoms with van der Waals surface area (Å²) in [4.78, 5) is 20.4. The maximum atomic E-state index is 12.0. The molecule has 0 fully saturated rings. The normalized spacial score (nSPS) is 11.1. The Labute approximate surface area is 142 Å². The van der Waals surface area contributed by atoms with E-state index in [9.17, 15) is 4.79 Å². The Morgan fingerprint density at radius 2 is 2.16 bits per heavy atom. The fraction of sp³-hybridized carbons (Fsp3) is 0.125. The number of imidazole rings is 1. The smallest absolute Gasteiger partial charge is 0.269 e. The fourth-order valence-electron chi connectivity index (χ4n) is 2.82. The van der Waals surface area contributed by atoms with Crippen molar-refractivity contribution in [3.8, 4) is 17.0 Å². The van der Waals surface area contributed by atoms with Crippen LogP contribution in [0.15, 0.2) is 36.8 Å². The van der Waals surface area contributed by atoms with Gasteiger partial charge in [-0.2, -0.15) is 4.98 Å². The zero-order chi connectivity index (χ0) is 17.6. The number of hydrogen-bond acceptors (Lipinski definition) is 6. The van der Waals surface area contributed by atoms with Crippen molar-refractivity contribution in [2.24, 2.45) is 0 Å². The van der Waals surface area contributed by atoms with Crippen molar-refractivity contribution in [1.82, 2.24) is 29.3 Å². The molecule has 1 amide bonds. The second-order valence-corrected chi connectivity index (χ2v) is 5.37. The summed E-state index contributed by atoms with van der Waals surface area (Å²) in [6, 6.07) is 5.65. The highest BCUT2D eigenvalue weighted by Gasteiger charge is 2.16. The van der Waals surface area contributed by atoms with Gasteiger partial charge in [0.05, 0.1) is 13.3 Å². The van der Waals surface area contributed by atoms with E-state index in [1.54, 1.807) is 28.4 Å². The monoisotopic (exact) mass is 337 g/mol. The van der Waals surface area contributed by atoms with E-state index in [-0.39, 0.29) is 11.9 Å². The Balaban J connectivity index is 1.96. The molecule has 4 aromatic rings. The van der Waals surface area contributed by atoms with E-state index < -0.39 is 0 Å². The van der Waals surface area contributed by atoms with E-state index in [1.165, 1.54) is 7.11 Å². The quantitative estimate of drug-likeness (QED) is 0.577. The van der Waals surface area contributed by atoms with Crippen molar-refractivity contribution in [2.75, 3.05) is 19.9 Å². The number of carbonyl (C=O) groups is 1. The minimum absolute atomic E-state index is 0.124. The number of nitrogens with two attached hydrogens (primary N) is 1. The average molecular weight is 337 g/mol. The zero-order valence-electron chi connectivity index (χ0n) is 13.6. The Morgan fingerprint density at radius 3 is 2.92 bits per heavy atom. The standard InChI is InChI=1S/C16H15N7O2/c1-18-14(24)11-7-19-12-4-3-9(8-22(11)12)10-5-6-23-13(10)15(25-2)20-16(17)21-23/h3-8H,1-2H3,(H2,17,21)(H,18,24). The van der Waals surface area contributed by atoms with E-state index in [4.69, 9.17) is 10.5 Å². The van der Waals surface area contributed by atoms with Gasteiger partial charge < -0.3 is 15.8 Å². The topological polar surface area (TPSA) is 112 Å². The summed E-state index contributed by atoms with van der Waals surface area (Å²) in [5, 5.41) is 6.77. The summed E-state index contributed by atoms with van der Waals surface area (Å²) in [7, 11) is 3.11. The van der Waals surface area contributed by atoms with Crippen LogP contribution in [-0.4, -0.2) is 44.0 Å². The predicted octanol–water partition coefficient (Wildman–Crippen LogP) is 0.994. The number of nitrogens with one attached hydrogen (secondary N) is 1. The van der Waals surface area contributed by atoms with Crippen LogP contribution in [0.25, 0.3) is 22.3 Å². The number of hydrogen-bond donors (Lipinski definition) is 2. The lowest BCUT2D eigenvalue weighted by atomic mass is 10.1. The third-order valence-electron chi connectivity index (χ3n) is 3.97. The Morgan fingerprint density at radius 1 is 1.32 bits per heavy atom. The van der Waals surface area contributed by atoms with Gasteiger partial charge in [0.15, 0.2) is 0 Å². The second kappa shape index (κ2) is 5.48. The van der Waals surface area contributed by atoms with Crippen LogP contribution in [-0.2, 0) is 0 Å². The van der Waals surface area contributed by atoms with Crippen LogP contribution in [0.1, 0.15) is 10.5 Å². The highest BCUT2D eigenvalue weighted by molar-refractivity contribution is 5.93. The molecule has 0 aliphatic rings. The largest absolute Gasteiger partial charge is 0.479 e. The summed E-state index contributed by atoms with van der Waals surface area (Å²) in [5.41, 5.74) is 9.24. The number of carbonyl (C=O) groups excluding carboxylic acids is 1. The molecule has 0 aromatic carbocycles. The van der Waals surface area contributed by atoms with E-state index in [0.29, 0.717) is 22.7 Å². The predicted molar refractivity (Wildman–Crippen MR) is 91.5 cm³/mol. The fourth-order valence-corrected chi connectivity index (χ4v) is 2.82. The Kier molecular flexibility index (Phi) is 3.27.